The van der Waals surface area contributed by atoms with E-state index in [9.17, 15) is 14.4 Å². The van der Waals surface area contributed by atoms with Crippen LogP contribution in [0.1, 0.15) is 78.1 Å². The van der Waals surface area contributed by atoms with Gasteiger partial charge in [0.05, 0.1) is 17.5 Å². The Labute approximate surface area is 224 Å². The van der Waals surface area contributed by atoms with Crippen LogP contribution in [-0.4, -0.2) is 71.0 Å². The summed E-state index contributed by atoms with van der Waals surface area (Å²) in [7, 11) is 0. The Hall–Kier alpha value is -3.17. The van der Waals surface area contributed by atoms with E-state index in [1.807, 2.05) is 6.92 Å². The molecule has 0 spiro atoms. The molecule has 206 valence electrons. The van der Waals surface area contributed by atoms with E-state index in [-0.39, 0.29) is 35.6 Å². The van der Waals surface area contributed by atoms with Gasteiger partial charge in [-0.2, -0.15) is 0 Å². The quantitative estimate of drug-likeness (QED) is 0.285. The zero-order valence-corrected chi connectivity index (χ0v) is 22.6. The van der Waals surface area contributed by atoms with E-state index >= 15 is 0 Å². The number of aliphatic imine (C=N–C) groups is 1. The maximum absolute atomic E-state index is 13.5. The van der Waals surface area contributed by atoms with Crippen molar-refractivity contribution in [1.82, 2.24) is 20.4 Å². The third-order valence-corrected chi connectivity index (χ3v) is 8.70. The van der Waals surface area contributed by atoms with Gasteiger partial charge >= 0.3 is 0 Å². The number of carbonyl (C=O) groups excluding carboxylic acids is 3. The number of guanidine groups is 1. The van der Waals surface area contributed by atoms with Crippen molar-refractivity contribution in [2.45, 2.75) is 89.6 Å². The Morgan fingerprint density at radius 1 is 1.18 bits per heavy atom. The molecule has 2 atom stereocenters. The van der Waals surface area contributed by atoms with Gasteiger partial charge in [-0.3, -0.25) is 19.8 Å². The Kier molecular flexibility index (Phi) is 7.33. The Bertz CT molecular complexity index is 1120. The Balaban J connectivity index is 1.37. The summed E-state index contributed by atoms with van der Waals surface area (Å²) in [5.74, 6) is 0.823. The summed E-state index contributed by atoms with van der Waals surface area (Å²) in [4.78, 5) is 46.3. The first kappa shape index (κ1) is 26.4. The van der Waals surface area contributed by atoms with E-state index in [1.165, 1.54) is 11.9 Å². The van der Waals surface area contributed by atoms with Crippen LogP contribution in [-0.2, 0) is 14.4 Å². The number of nitrogens with one attached hydrogen (secondary N) is 3. The van der Waals surface area contributed by atoms with Crippen molar-refractivity contribution in [3.63, 3.8) is 0 Å². The second kappa shape index (κ2) is 10.5. The van der Waals surface area contributed by atoms with Gasteiger partial charge in [-0.15, -0.1) is 0 Å². The number of likely N-dealkylation sites (tertiary alicyclic amines) is 1. The molecule has 1 saturated heterocycles. The Morgan fingerprint density at radius 2 is 1.95 bits per heavy atom. The lowest BCUT2D eigenvalue weighted by atomic mass is 9.77. The van der Waals surface area contributed by atoms with Gasteiger partial charge in [-0.25, -0.2) is 4.99 Å². The lowest BCUT2D eigenvalue weighted by Gasteiger charge is -2.37. The first-order valence-corrected chi connectivity index (χ1v) is 14.1. The van der Waals surface area contributed by atoms with E-state index in [4.69, 9.17) is 16.1 Å². The molecule has 2 saturated carbocycles. The minimum Gasteiger partial charge on any atom is -0.369 e. The number of hydrogen-bond acceptors (Lipinski definition) is 5. The fourth-order valence-electron chi connectivity index (χ4n) is 5.99. The highest BCUT2D eigenvalue weighted by Crippen LogP contribution is 2.41. The number of carbonyl (C=O) groups is 3. The number of amides is 3. The molecule has 10 heteroatoms. The van der Waals surface area contributed by atoms with Gasteiger partial charge < -0.3 is 26.2 Å². The highest BCUT2D eigenvalue weighted by atomic mass is 16.2. The van der Waals surface area contributed by atoms with Crippen molar-refractivity contribution < 1.29 is 14.4 Å². The van der Waals surface area contributed by atoms with E-state index in [2.05, 4.69) is 10.6 Å². The van der Waals surface area contributed by atoms with Gasteiger partial charge in [0.25, 0.3) is 5.91 Å². The third kappa shape index (κ3) is 5.78. The van der Waals surface area contributed by atoms with Crippen molar-refractivity contribution in [2.75, 3.05) is 19.6 Å². The van der Waals surface area contributed by atoms with Gasteiger partial charge in [-0.1, -0.05) is 5.57 Å². The molecule has 5 N–H and O–H groups in total. The molecule has 0 radical (unpaired) electrons. The van der Waals surface area contributed by atoms with Crippen molar-refractivity contribution in [3.8, 4) is 0 Å². The van der Waals surface area contributed by atoms with Gasteiger partial charge in [0, 0.05) is 44.2 Å². The molecule has 0 aromatic rings. The lowest BCUT2D eigenvalue weighted by molar-refractivity contribution is -0.128. The molecular formula is C28H41N7O3. The lowest BCUT2D eigenvalue weighted by Crippen LogP contribution is -2.47. The molecule has 5 rings (SSSR count). The molecule has 3 amide bonds. The first-order valence-electron chi connectivity index (χ1n) is 14.1. The highest BCUT2D eigenvalue weighted by molar-refractivity contribution is 6.00. The monoisotopic (exact) mass is 523 g/mol. The van der Waals surface area contributed by atoms with Gasteiger partial charge in [-0.05, 0) is 82.6 Å². The van der Waals surface area contributed by atoms with Crippen LogP contribution in [0.4, 0.5) is 0 Å². The normalized spacial score (nSPS) is 27.7. The smallest absolute Gasteiger partial charge is 0.253 e. The number of rotatable bonds is 8. The molecule has 0 aromatic carbocycles. The third-order valence-electron chi connectivity index (χ3n) is 8.70. The van der Waals surface area contributed by atoms with Crippen molar-refractivity contribution >= 4 is 30.0 Å². The van der Waals surface area contributed by atoms with Crippen LogP contribution >= 0.6 is 0 Å². The van der Waals surface area contributed by atoms with Crippen molar-refractivity contribution in [3.05, 3.63) is 22.4 Å². The summed E-state index contributed by atoms with van der Waals surface area (Å²) < 4.78 is 0. The number of allylic oxidation sites excluding steroid dienone is 2. The predicted molar refractivity (Wildman–Crippen MR) is 145 cm³/mol. The molecular weight excluding hydrogens is 482 g/mol. The summed E-state index contributed by atoms with van der Waals surface area (Å²) in [6, 6.07) is -0.117. The average Bonchev–Trinajstić information content (AvgIpc) is 3.81. The van der Waals surface area contributed by atoms with E-state index < -0.39 is 5.54 Å². The summed E-state index contributed by atoms with van der Waals surface area (Å²) >= 11 is 0. The molecule has 5 aliphatic rings. The van der Waals surface area contributed by atoms with Crippen LogP contribution in [0.15, 0.2) is 27.4 Å². The first-order chi connectivity index (χ1) is 18.2. The molecule has 1 heterocycles. The summed E-state index contributed by atoms with van der Waals surface area (Å²) in [6.45, 7) is 5.38. The maximum atomic E-state index is 13.5. The molecule has 1 aliphatic heterocycles. The topological polar surface area (TPSA) is 144 Å². The molecule has 0 unspecified atom stereocenters. The second-order valence-corrected chi connectivity index (χ2v) is 11.9. The standard InChI is InChI=1S/C28H41N7O3/c1-17(36)34-12-11-28(2,15-34)33-27(30)35(16-29)21-9-7-19-8-10-23(32-25(37)20-5-6-20)24(22(19)13-21)26(38)31-14-18-3-4-18/h16,18,20-21,29H,3-15H2,1-2H3,(H2,30,33)(H,31,38)(H,32,37)/t21-,28-/m0/s1. The minimum absolute atomic E-state index is 0.0193. The summed E-state index contributed by atoms with van der Waals surface area (Å²) in [6.07, 6.45) is 9.74. The van der Waals surface area contributed by atoms with Crippen LogP contribution in [0.5, 0.6) is 0 Å². The van der Waals surface area contributed by atoms with Crippen LogP contribution < -0.4 is 16.4 Å². The van der Waals surface area contributed by atoms with Crippen molar-refractivity contribution in [1.29, 1.82) is 5.41 Å². The van der Waals surface area contributed by atoms with Gasteiger partial charge in [0.1, 0.15) is 0 Å². The largest absolute Gasteiger partial charge is 0.369 e. The van der Waals surface area contributed by atoms with Gasteiger partial charge in [0.15, 0.2) is 5.96 Å². The Morgan fingerprint density at radius 3 is 2.58 bits per heavy atom. The molecule has 0 bridgehead atoms. The molecule has 10 nitrogen and oxygen atoms in total. The predicted octanol–water partition coefficient (Wildman–Crippen LogP) is 2.17. The van der Waals surface area contributed by atoms with Crippen LogP contribution in [0.25, 0.3) is 0 Å². The minimum atomic E-state index is -0.491. The van der Waals surface area contributed by atoms with Crippen LogP contribution in [0.2, 0.25) is 0 Å². The summed E-state index contributed by atoms with van der Waals surface area (Å²) in [5, 5.41) is 14.4. The molecule has 3 fully saturated rings. The zero-order valence-electron chi connectivity index (χ0n) is 22.6. The van der Waals surface area contributed by atoms with E-state index in [0.717, 1.165) is 62.6 Å². The van der Waals surface area contributed by atoms with Crippen LogP contribution in [0.3, 0.4) is 0 Å². The van der Waals surface area contributed by atoms with E-state index in [1.54, 1.807) is 16.7 Å². The second-order valence-electron chi connectivity index (χ2n) is 11.9. The molecule has 38 heavy (non-hydrogen) atoms. The zero-order chi connectivity index (χ0) is 27.0. The van der Waals surface area contributed by atoms with Crippen molar-refractivity contribution in [2.24, 2.45) is 22.6 Å². The van der Waals surface area contributed by atoms with E-state index in [0.29, 0.717) is 44.0 Å². The average molecular weight is 524 g/mol. The fourth-order valence-corrected chi connectivity index (χ4v) is 5.99. The highest BCUT2D eigenvalue weighted by Gasteiger charge is 2.38. The fraction of sp³-hybridized carbons (Fsp3) is 0.679. The number of nitrogens with zero attached hydrogens (tertiary/aromatic N) is 3. The number of hydrogen-bond donors (Lipinski definition) is 4. The summed E-state index contributed by atoms with van der Waals surface area (Å²) in [5.41, 5.74) is 9.60. The van der Waals surface area contributed by atoms with Crippen LogP contribution in [0, 0.1) is 17.2 Å². The maximum Gasteiger partial charge on any atom is 0.253 e. The van der Waals surface area contributed by atoms with Gasteiger partial charge in [0.2, 0.25) is 11.8 Å². The number of nitrogens with two attached hydrogens (primary N) is 1. The molecule has 4 aliphatic carbocycles. The molecule has 0 aromatic heterocycles. The SMILES string of the molecule is CC(=O)N1CC[C@](C)(N=C(N)N(C=N)[C@H]2CCC3=C(C2)C(C(=O)NCC2CC2)=C(NC(=O)C2CC2)CC3)C1.